The Morgan fingerprint density at radius 1 is 1.20 bits per heavy atom. The summed E-state index contributed by atoms with van der Waals surface area (Å²) < 4.78 is 13.8. The predicted molar refractivity (Wildman–Crippen MR) is 82.8 cm³/mol. The highest BCUT2D eigenvalue weighted by Crippen LogP contribution is 2.24. The highest BCUT2D eigenvalue weighted by atomic mass is 79.9. The fraction of sp³-hybridized carbons (Fsp3) is 0.133. The van der Waals surface area contributed by atoms with E-state index in [9.17, 15) is 9.18 Å². The normalized spacial score (nSPS) is 10.2. The van der Waals surface area contributed by atoms with E-state index < -0.39 is 5.82 Å². The van der Waals surface area contributed by atoms with Crippen LogP contribution in [0.5, 0.6) is 0 Å². The van der Waals surface area contributed by atoms with Crippen molar-refractivity contribution in [2.45, 2.75) is 0 Å². The van der Waals surface area contributed by atoms with Gasteiger partial charge in [0.1, 0.15) is 5.82 Å². The number of halogens is 2. The van der Waals surface area contributed by atoms with Gasteiger partial charge in [-0.05, 0) is 46.3 Å². The number of hydrogen-bond donors (Lipinski definition) is 1. The molecule has 0 aliphatic carbocycles. The number of rotatable bonds is 3. The minimum absolute atomic E-state index is 0.277. The standard InChI is InChI=1S/C15H14BrFN2O/c1-19(2)14-6-4-3-5-13(14)18-15(20)10-7-8-11(16)12(17)9-10/h3-9H,1-2H3,(H,18,20). The zero-order valence-electron chi connectivity index (χ0n) is 11.2. The number of carbonyl (C=O) groups is 1. The smallest absolute Gasteiger partial charge is 0.255 e. The molecule has 2 aromatic carbocycles. The van der Waals surface area contributed by atoms with Crippen LogP contribution in [0.1, 0.15) is 10.4 Å². The quantitative estimate of drug-likeness (QED) is 0.921. The summed E-state index contributed by atoms with van der Waals surface area (Å²) in [5, 5.41) is 2.79. The summed E-state index contributed by atoms with van der Waals surface area (Å²) >= 11 is 3.06. The summed E-state index contributed by atoms with van der Waals surface area (Å²) in [5.74, 6) is -0.802. The Balaban J connectivity index is 2.26. The van der Waals surface area contributed by atoms with E-state index in [4.69, 9.17) is 0 Å². The number of anilines is 2. The number of nitrogens with one attached hydrogen (secondary N) is 1. The van der Waals surface area contributed by atoms with Crippen LogP contribution >= 0.6 is 15.9 Å². The molecule has 0 bridgehead atoms. The third kappa shape index (κ3) is 3.17. The van der Waals surface area contributed by atoms with Crippen LogP contribution in [0, 0.1) is 5.82 Å². The number of nitrogens with zero attached hydrogens (tertiary/aromatic N) is 1. The topological polar surface area (TPSA) is 32.3 Å². The van der Waals surface area contributed by atoms with Crippen molar-refractivity contribution in [2.75, 3.05) is 24.3 Å². The summed E-state index contributed by atoms with van der Waals surface area (Å²) in [5.41, 5.74) is 1.85. The molecule has 0 unspecified atom stereocenters. The van der Waals surface area contributed by atoms with Gasteiger partial charge >= 0.3 is 0 Å². The summed E-state index contributed by atoms with van der Waals surface area (Å²) in [6, 6.07) is 11.7. The van der Waals surface area contributed by atoms with Gasteiger partial charge in [-0.25, -0.2) is 4.39 Å². The van der Waals surface area contributed by atoms with Gasteiger partial charge in [-0.1, -0.05) is 12.1 Å². The molecule has 0 saturated heterocycles. The Labute approximate surface area is 125 Å². The van der Waals surface area contributed by atoms with E-state index in [2.05, 4.69) is 21.2 Å². The van der Waals surface area contributed by atoms with Gasteiger partial charge in [-0.2, -0.15) is 0 Å². The van der Waals surface area contributed by atoms with Gasteiger partial charge in [0.05, 0.1) is 15.8 Å². The second kappa shape index (κ2) is 6.05. The Morgan fingerprint density at radius 2 is 1.90 bits per heavy atom. The lowest BCUT2D eigenvalue weighted by molar-refractivity contribution is 0.102. The molecule has 0 heterocycles. The van der Waals surface area contributed by atoms with E-state index in [1.807, 2.05) is 43.3 Å². The van der Waals surface area contributed by atoms with Crippen LogP contribution < -0.4 is 10.2 Å². The van der Waals surface area contributed by atoms with Crippen molar-refractivity contribution >= 4 is 33.2 Å². The van der Waals surface area contributed by atoms with Crippen molar-refractivity contribution in [1.29, 1.82) is 0 Å². The molecule has 3 nitrogen and oxygen atoms in total. The summed E-state index contributed by atoms with van der Waals surface area (Å²) in [6.45, 7) is 0. The van der Waals surface area contributed by atoms with Crippen molar-refractivity contribution in [2.24, 2.45) is 0 Å². The number of para-hydroxylation sites is 2. The number of benzene rings is 2. The van der Waals surface area contributed by atoms with Gasteiger partial charge in [0, 0.05) is 19.7 Å². The van der Waals surface area contributed by atoms with Gasteiger partial charge < -0.3 is 10.2 Å². The Hall–Kier alpha value is -1.88. The van der Waals surface area contributed by atoms with Crippen LogP contribution in [-0.2, 0) is 0 Å². The van der Waals surface area contributed by atoms with E-state index in [1.165, 1.54) is 12.1 Å². The average Bonchev–Trinajstić information content (AvgIpc) is 2.42. The molecule has 0 aliphatic heterocycles. The minimum atomic E-state index is -0.460. The molecule has 5 heteroatoms. The van der Waals surface area contributed by atoms with Gasteiger partial charge in [0.15, 0.2) is 0 Å². The first-order valence-electron chi connectivity index (χ1n) is 6.02. The molecule has 0 spiro atoms. The maximum absolute atomic E-state index is 13.5. The van der Waals surface area contributed by atoms with Crippen LogP contribution in [0.15, 0.2) is 46.9 Å². The Kier molecular flexibility index (Phi) is 4.39. The summed E-state index contributed by atoms with van der Waals surface area (Å²) in [4.78, 5) is 14.0. The first-order valence-corrected chi connectivity index (χ1v) is 6.81. The largest absolute Gasteiger partial charge is 0.376 e. The van der Waals surface area contributed by atoms with Crippen molar-refractivity contribution in [3.05, 3.63) is 58.3 Å². The lowest BCUT2D eigenvalue weighted by atomic mass is 10.2. The maximum atomic E-state index is 13.5. The van der Waals surface area contributed by atoms with Gasteiger partial charge in [0.25, 0.3) is 5.91 Å². The molecule has 0 fully saturated rings. The number of carbonyl (C=O) groups excluding carboxylic acids is 1. The minimum Gasteiger partial charge on any atom is -0.376 e. The van der Waals surface area contributed by atoms with Gasteiger partial charge in [-0.3, -0.25) is 4.79 Å². The van der Waals surface area contributed by atoms with Crippen molar-refractivity contribution in [1.82, 2.24) is 0 Å². The maximum Gasteiger partial charge on any atom is 0.255 e. The van der Waals surface area contributed by atoms with E-state index in [-0.39, 0.29) is 11.5 Å². The third-order valence-electron chi connectivity index (χ3n) is 2.82. The SMILES string of the molecule is CN(C)c1ccccc1NC(=O)c1ccc(Br)c(F)c1. The first kappa shape index (κ1) is 14.5. The van der Waals surface area contributed by atoms with Crippen molar-refractivity contribution in [3.8, 4) is 0 Å². The molecule has 20 heavy (non-hydrogen) atoms. The fourth-order valence-corrected chi connectivity index (χ4v) is 2.05. The second-order valence-electron chi connectivity index (χ2n) is 4.49. The Bertz CT molecular complexity index is 644. The molecule has 0 saturated carbocycles. The molecule has 2 aromatic rings. The van der Waals surface area contributed by atoms with E-state index in [0.29, 0.717) is 10.2 Å². The zero-order chi connectivity index (χ0) is 14.7. The summed E-state index contributed by atoms with van der Waals surface area (Å²) in [7, 11) is 3.79. The monoisotopic (exact) mass is 336 g/mol. The molecule has 104 valence electrons. The fourth-order valence-electron chi connectivity index (χ4n) is 1.80. The molecular formula is C15H14BrFN2O. The number of hydrogen-bond acceptors (Lipinski definition) is 2. The van der Waals surface area contributed by atoms with Crippen molar-refractivity contribution < 1.29 is 9.18 Å². The molecule has 1 amide bonds. The van der Waals surface area contributed by atoms with E-state index in [0.717, 1.165) is 5.69 Å². The van der Waals surface area contributed by atoms with Crippen LogP contribution in [0.3, 0.4) is 0 Å². The van der Waals surface area contributed by atoms with Crippen LogP contribution in [0.4, 0.5) is 15.8 Å². The third-order valence-corrected chi connectivity index (χ3v) is 3.46. The van der Waals surface area contributed by atoms with Crippen molar-refractivity contribution in [3.63, 3.8) is 0 Å². The molecule has 0 atom stereocenters. The van der Waals surface area contributed by atoms with Crippen LogP contribution in [0.25, 0.3) is 0 Å². The molecule has 0 radical (unpaired) electrons. The number of amides is 1. The molecular weight excluding hydrogens is 323 g/mol. The molecule has 1 N–H and O–H groups in total. The first-order chi connectivity index (χ1) is 9.49. The van der Waals surface area contributed by atoms with E-state index >= 15 is 0 Å². The predicted octanol–water partition coefficient (Wildman–Crippen LogP) is 3.91. The van der Waals surface area contributed by atoms with Crippen LogP contribution in [0.2, 0.25) is 0 Å². The van der Waals surface area contributed by atoms with Gasteiger partial charge in [-0.15, -0.1) is 0 Å². The highest BCUT2D eigenvalue weighted by molar-refractivity contribution is 9.10. The lowest BCUT2D eigenvalue weighted by Gasteiger charge is -2.17. The zero-order valence-corrected chi connectivity index (χ0v) is 12.7. The molecule has 0 aromatic heterocycles. The molecule has 0 aliphatic rings. The van der Waals surface area contributed by atoms with E-state index in [1.54, 1.807) is 6.07 Å². The summed E-state index contributed by atoms with van der Waals surface area (Å²) in [6.07, 6.45) is 0. The second-order valence-corrected chi connectivity index (χ2v) is 5.35. The average molecular weight is 337 g/mol. The van der Waals surface area contributed by atoms with Crippen LogP contribution in [-0.4, -0.2) is 20.0 Å². The molecule has 2 rings (SSSR count). The van der Waals surface area contributed by atoms with Gasteiger partial charge in [0.2, 0.25) is 0 Å². The Morgan fingerprint density at radius 3 is 2.55 bits per heavy atom. The highest BCUT2D eigenvalue weighted by Gasteiger charge is 2.11. The lowest BCUT2D eigenvalue weighted by Crippen LogP contribution is -2.16.